The molecule has 232 valence electrons. The van der Waals surface area contributed by atoms with Crippen molar-refractivity contribution in [2.75, 3.05) is 25.0 Å². The molecule has 13 heteroatoms. The van der Waals surface area contributed by atoms with E-state index in [-0.39, 0.29) is 19.8 Å². The summed E-state index contributed by atoms with van der Waals surface area (Å²) in [6.45, 7) is 14.9. The lowest BCUT2D eigenvalue weighted by Crippen LogP contribution is -2.59. The highest BCUT2D eigenvalue weighted by Gasteiger charge is 2.41. The van der Waals surface area contributed by atoms with Crippen LogP contribution in [-0.4, -0.2) is 81.9 Å². The number of hydrogen-bond donors (Lipinski definition) is 1. The summed E-state index contributed by atoms with van der Waals surface area (Å²) in [5.74, 6) is -2.10. The van der Waals surface area contributed by atoms with Crippen molar-refractivity contribution < 1.29 is 28.2 Å². The largest absolute Gasteiger partial charge is 0.444 e. The number of amides is 3. The lowest BCUT2D eigenvalue weighted by atomic mass is 9.99. The van der Waals surface area contributed by atoms with Gasteiger partial charge in [0.05, 0.1) is 29.6 Å². The quantitative estimate of drug-likeness (QED) is 0.226. The lowest BCUT2D eigenvalue weighted by Gasteiger charge is -2.45. The normalized spacial score (nSPS) is 17.7. The van der Waals surface area contributed by atoms with Gasteiger partial charge < -0.3 is 24.6 Å². The number of nitrogens with zero attached hydrogens (tertiary/aromatic N) is 5. The van der Waals surface area contributed by atoms with E-state index in [4.69, 9.17) is 9.47 Å². The number of aromatic nitrogens is 3. The molecule has 3 aromatic rings. The molecule has 3 amide bonds. The first-order valence-corrected chi connectivity index (χ1v) is 18.1. The summed E-state index contributed by atoms with van der Waals surface area (Å²) in [6.07, 6.45) is 4.19. The number of anilines is 1. The average Bonchev–Trinajstić information content (AvgIpc) is 3.33. The number of carbonyl (C=O) groups excluding carboxylic acids is 3. The number of nitrogens with one attached hydrogen (secondary N) is 1. The van der Waals surface area contributed by atoms with Crippen molar-refractivity contribution in [1.82, 2.24) is 24.6 Å². The smallest absolute Gasteiger partial charge is 0.410 e. The van der Waals surface area contributed by atoms with Gasteiger partial charge in [-0.15, -0.1) is 0 Å². The predicted octanol–water partition coefficient (Wildman–Crippen LogP) is 5.03. The van der Waals surface area contributed by atoms with Crippen LogP contribution >= 0.6 is 0 Å². The molecule has 4 rings (SSSR count). The number of piperazine rings is 1. The Morgan fingerprint density at radius 3 is 2.40 bits per heavy atom. The zero-order chi connectivity index (χ0) is 31.5. The van der Waals surface area contributed by atoms with Crippen molar-refractivity contribution in [2.45, 2.75) is 77.8 Å². The van der Waals surface area contributed by atoms with E-state index in [1.54, 1.807) is 56.9 Å². The molecule has 3 heterocycles. The van der Waals surface area contributed by atoms with E-state index in [1.807, 2.05) is 0 Å². The fraction of sp³-hybridized carbons (Fsp3) is 0.500. The molecule has 2 atom stereocenters. The van der Waals surface area contributed by atoms with Crippen molar-refractivity contribution in [2.24, 2.45) is 0 Å². The second kappa shape index (κ2) is 12.8. The van der Waals surface area contributed by atoms with Crippen LogP contribution in [0.4, 0.5) is 14.9 Å². The summed E-state index contributed by atoms with van der Waals surface area (Å²) in [5, 5.41) is 7.79. The maximum Gasteiger partial charge on any atom is 0.410 e. The minimum absolute atomic E-state index is 0.0683. The number of benzene rings is 1. The molecular formula is C30H41FN6O5Si. The molecule has 2 aromatic heterocycles. The second-order valence-corrected chi connectivity index (χ2v) is 18.7. The van der Waals surface area contributed by atoms with E-state index in [0.29, 0.717) is 28.8 Å². The Balaban J connectivity index is 1.55. The van der Waals surface area contributed by atoms with Crippen LogP contribution in [-0.2, 0) is 25.8 Å². The monoisotopic (exact) mass is 612 g/mol. The summed E-state index contributed by atoms with van der Waals surface area (Å²) in [5.41, 5.74) is 0.777. The first kappa shape index (κ1) is 32.1. The molecule has 1 aromatic carbocycles. The number of halogens is 1. The first-order valence-electron chi connectivity index (χ1n) is 14.4. The minimum Gasteiger partial charge on any atom is -0.444 e. The Labute approximate surface area is 252 Å². The van der Waals surface area contributed by atoms with Crippen LogP contribution in [0.1, 0.15) is 39.3 Å². The highest BCUT2D eigenvalue weighted by Crippen LogP contribution is 2.30. The summed E-state index contributed by atoms with van der Waals surface area (Å²) in [7, 11) is -1.27. The van der Waals surface area contributed by atoms with Gasteiger partial charge in [-0.2, -0.15) is 5.10 Å². The topological polar surface area (TPSA) is 119 Å². The van der Waals surface area contributed by atoms with Crippen LogP contribution in [0.3, 0.4) is 0 Å². The Hall–Kier alpha value is -3.84. The van der Waals surface area contributed by atoms with Crippen LogP contribution in [0, 0.1) is 5.82 Å². The third kappa shape index (κ3) is 8.17. The molecule has 43 heavy (non-hydrogen) atoms. The molecule has 0 radical (unpaired) electrons. The minimum atomic E-state index is -1.27. The van der Waals surface area contributed by atoms with Crippen LogP contribution < -0.4 is 5.32 Å². The third-order valence-electron chi connectivity index (χ3n) is 7.08. The van der Waals surface area contributed by atoms with Gasteiger partial charge in [0.2, 0.25) is 0 Å². The highest BCUT2D eigenvalue weighted by molar-refractivity contribution is 6.76. The van der Waals surface area contributed by atoms with Gasteiger partial charge in [-0.1, -0.05) is 31.8 Å². The van der Waals surface area contributed by atoms with E-state index in [9.17, 15) is 18.8 Å². The number of pyridine rings is 1. The van der Waals surface area contributed by atoms with E-state index >= 15 is 0 Å². The standard InChI is InChI=1S/C30H41FN6O5Si/c1-20-17-36(25(21-8-10-23(31)11-9-21)18-35(20)29(40)42-30(2,3)4)28(39)27(38)34-24-16-32-14-22-15-33-37(26(22)24)19-41-12-13-43(5,6)7/h8-11,14-16,20,25H,12-13,17-19H2,1-7H3,(H,34,38)/t20-,25+/m0/s1. The second-order valence-electron chi connectivity index (χ2n) is 13.1. The van der Waals surface area contributed by atoms with E-state index in [0.717, 1.165) is 6.04 Å². The molecule has 0 spiro atoms. The Morgan fingerprint density at radius 2 is 1.74 bits per heavy atom. The Bertz CT molecular complexity index is 1470. The van der Waals surface area contributed by atoms with Crippen molar-refractivity contribution in [3.8, 4) is 0 Å². The molecule has 1 aliphatic rings. The number of carbonyl (C=O) groups is 3. The van der Waals surface area contributed by atoms with Crippen molar-refractivity contribution in [1.29, 1.82) is 0 Å². The van der Waals surface area contributed by atoms with Gasteiger partial charge in [-0.3, -0.25) is 14.6 Å². The first-order chi connectivity index (χ1) is 20.1. The van der Waals surface area contributed by atoms with Crippen molar-refractivity contribution >= 4 is 42.6 Å². The van der Waals surface area contributed by atoms with Crippen LogP contribution in [0.15, 0.2) is 42.9 Å². The molecule has 11 nitrogen and oxygen atoms in total. The molecular weight excluding hydrogens is 571 g/mol. The van der Waals surface area contributed by atoms with E-state index < -0.39 is 49.5 Å². The zero-order valence-corrected chi connectivity index (χ0v) is 26.9. The fourth-order valence-electron chi connectivity index (χ4n) is 4.81. The maximum absolute atomic E-state index is 13.8. The summed E-state index contributed by atoms with van der Waals surface area (Å²) in [4.78, 5) is 47.3. The molecule has 1 aliphatic heterocycles. The van der Waals surface area contributed by atoms with Gasteiger partial charge in [-0.05, 0) is 51.4 Å². The molecule has 1 fully saturated rings. The molecule has 0 bridgehead atoms. The highest BCUT2D eigenvalue weighted by atomic mass is 28.3. The third-order valence-corrected chi connectivity index (χ3v) is 8.78. The van der Waals surface area contributed by atoms with Crippen LogP contribution in [0.5, 0.6) is 0 Å². The summed E-state index contributed by atoms with van der Waals surface area (Å²) in [6, 6.07) is 5.52. The van der Waals surface area contributed by atoms with Crippen LogP contribution in [0.2, 0.25) is 25.7 Å². The maximum atomic E-state index is 13.8. The zero-order valence-electron chi connectivity index (χ0n) is 25.9. The SMILES string of the molecule is C[C@H]1CN(C(=O)C(=O)Nc2cncc3cnn(COCC[Si](C)(C)C)c23)[C@@H](c2ccc(F)cc2)CN1C(=O)OC(C)(C)C. The molecule has 0 aliphatic carbocycles. The average molecular weight is 613 g/mol. The predicted molar refractivity (Wildman–Crippen MR) is 164 cm³/mol. The Morgan fingerprint density at radius 1 is 1.05 bits per heavy atom. The van der Waals surface area contributed by atoms with Gasteiger partial charge in [0.25, 0.3) is 0 Å². The number of ether oxygens (including phenoxy) is 2. The number of rotatable bonds is 7. The van der Waals surface area contributed by atoms with Crippen molar-refractivity contribution in [3.63, 3.8) is 0 Å². The van der Waals surface area contributed by atoms with Gasteiger partial charge in [0.15, 0.2) is 0 Å². The molecule has 0 saturated carbocycles. The van der Waals surface area contributed by atoms with Crippen molar-refractivity contribution in [3.05, 3.63) is 54.2 Å². The molecule has 1 saturated heterocycles. The molecule has 1 N–H and O–H groups in total. The Kier molecular flexibility index (Phi) is 9.55. The van der Waals surface area contributed by atoms with Gasteiger partial charge in [0, 0.05) is 45.4 Å². The fourth-order valence-corrected chi connectivity index (χ4v) is 5.57. The number of hydrogen-bond acceptors (Lipinski definition) is 7. The van der Waals surface area contributed by atoms with Gasteiger partial charge in [-0.25, -0.2) is 13.9 Å². The van der Waals surface area contributed by atoms with E-state index in [2.05, 4.69) is 35.0 Å². The molecule has 0 unspecified atom stereocenters. The summed E-state index contributed by atoms with van der Waals surface area (Å²) >= 11 is 0. The van der Waals surface area contributed by atoms with Gasteiger partial charge in [0.1, 0.15) is 18.1 Å². The lowest BCUT2D eigenvalue weighted by molar-refractivity contribution is -0.147. The number of fused-ring (bicyclic) bond motifs is 1. The summed E-state index contributed by atoms with van der Waals surface area (Å²) < 4.78 is 26.9. The van der Waals surface area contributed by atoms with E-state index in [1.165, 1.54) is 28.1 Å². The van der Waals surface area contributed by atoms with Gasteiger partial charge >= 0.3 is 17.9 Å². The van der Waals surface area contributed by atoms with Crippen LogP contribution in [0.25, 0.3) is 10.9 Å².